The largest absolute Gasteiger partial charge is 0.495 e. The Bertz CT molecular complexity index is 1050. The number of rotatable bonds is 8. The van der Waals surface area contributed by atoms with E-state index in [0.29, 0.717) is 13.0 Å². The summed E-state index contributed by atoms with van der Waals surface area (Å²) in [5.41, 5.74) is 0.611. The molecule has 4 amide bonds. The minimum atomic E-state index is -0.701. The minimum absolute atomic E-state index is 0.103. The van der Waals surface area contributed by atoms with E-state index >= 15 is 0 Å². The Kier molecular flexibility index (Phi) is 6.46. The van der Waals surface area contributed by atoms with Crippen LogP contribution in [0.2, 0.25) is 0 Å². The molecule has 0 saturated carbocycles. The Balaban J connectivity index is 1.73. The third-order valence-corrected chi connectivity index (χ3v) is 4.60. The van der Waals surface area contributed by atoms with Crippen molar-refractivity contribution in [1.29, 1.82) is 0 Å². The standard InChI is InChI=1S/C20H20N4O7/c1-30-9-3-8-23-18(25)14-6-4-12(10-15(14)19(23)26)21-20(27)22-16-11-13(24(28)29)5-7-17(16)31-2/h4-7,10-11H,3,8-9H2,1-2H3,(H2,21,22,27). The van der Waals surface area contributed by atoms with E-state index in [-0.39, 0.29) is 40.5 Å². The Morgan fingerprint density at radius 2 is 1.81 bits per heavy atom. The number of urea groups is 1. The van der Waals surface area contributed by atoms with Crippen molar-refractivity contribution in [2.24, 2.45) is 0 Å². The number of anilines is 2. The van der Waals surface area contributed by atoms with Gasteiger partial charge in [0.25, 0.3) is 17.5 Å². The molecule has 2 N–H and O–H groups in total. The van der Waals surface area contributed by atoms with E-state index in [1.54, 1.807) is 0 Å². The summed E-state index contributed by atoms with van der Waals surface area (Å²) in [6.07, 6.45) is 0.514. The number of imide groups is 1. The van der Waals surface area contributed by atoms with Gasteiger partial charge in [-0.25, -0.2) is 4.79 Å². The van der Waals surface area contributed by atoms with Crippen molar-refractivity contribution < 1.29 is 28.8 Å². The molecule has 0 unspecified atom stereocenters. The van der Waals surface area contributed by atoms with Crippen molar-refractivity contribution >= 4 is 34.9 Å². The van der Waals surface area contributed by atoms with Gasteiger partial charge >= 0.3 is 6.03 Å². The van der Waals surface area contributed by atoms with Gasteiger partial charge in [0, 0.05) is 38.1 Å². The van der Waals surface area contributed by atoms with E-state index in [0.717, 1.165) is 4.90 Å². The molecule has 0 atom stereocenters. The monoisotopic (exact) mass is 428 g/mol. The van der Waals surface area contributed by atoms with Gasteiger partial charge in [-0.05, 0) is 30.7 Å². The number of hydrogen-bond donors (Lipinski definition) is 2. The number of non-ortho nitro benzene ring substituents is 1. The Labute approximate surface area is 177 Å². The fraction of sp³-hybridized carbons (Fsp3) is 0.250. The van der Waals surface area contributed by atoms with Gasteiger partial charge in [-0.2, -0.15) is 0 Å². The molecule has 0 fully saturated rings. The summed E-state index contributed by atoms with van der Waals surface area (Å²) < 4.78 is 10.1. The van der Waals surface area contributed by atoms with Crippen LogP contribution in [-0.2, 0) is 4.74 Å². The molecule has 2 aromatic rings. The molecule has 0 aliphatic carbocycles. The zero-order chi connectivity index (χ0) is 22.5. The molecule has 0 radical (unpaired) electrons. The van der Waals surface area contributed by atoms with E-state index in [1.807, 2.05) is 0 Å². The normalized spacial score (nSPS) is 12.5. The van der Waals surface area contributed by atoms with Crippen molar-refractivity contribution in [1.82, 2.24) is 4.90 Å². The lowest BCUT2D eigenvalue weighted by molar-refractivity contribution is -0.384. The molecule has 3 rings (SSSR count). The molecular weight excluding hydrogens is 408 g/mol. The highest BCUT2D eigenvalue weighted by atomic mass is 16.6. The molecule has 0 spiro atoms. The van der Waals surface area contributed by atoms with E-state index in [1.165, 1.54) is 50.6 Å². The molecule has 0 aromatic heterocycles. The number of amides is 4. The zero-order valence-electron chi connectivity index (χ0n) is 16.8. The van der Waals surface area contributed by atoms with Crippen molar-refractivity contribution in [3.8, 4) is 5.75 Å². The highest BCUT2D eigenvalue weighted by molar-refractivity contribution is 6.22. The molecule has 1 heterocycles. The summed E-state index contributed by atoms with van der Waals surface area (Å²) in [7, 11) is 2.90. The van der Waals surface area contributed by atoms with Crippen LogP contribution in [0.1, 0.15) is 27.1 Å². The molecule has 31 heavy (non-hydrogen) atoms. The van der Waals surface area contributed by atoms with Gasteiger partial charge in [-0.3, -0.25) is 24.6 Å². The predicted molar refractivity (Wildman–Crippen MR) is 111 cm³/mol. The van der Waals surface area contributed by atoms with Gasteiger partial charge < -0.3 is 20.1 Å². The number of nitrogens with one attached hydrogen (secondary N) is 2. The quantitative estimate of drug-likeness (QED) is 0.285. The fourth-order valence-corrected chi connectivity index (χ4v) is 3.13. The first kappa shape index (κ1) is 21.7. The van der Waals surface area contributed by atoms with Gasteiger partial charge in [0.15, 0.2) is 0 Å². The average Bonchev–Trinajstić information content (AvgIpc) is 2.98. The highest BCUT2D eigenvalue weighted by Gasteiger charge is 2.35. The third kappa shape index (κ3) is 4.61. The molecule has 0 saturated heterocycles. The summed E-state index contributed by atoms with van der Waals surface area (Å²) in [5.74, 6) is -0.601. The Morgan fingerprint density at radius 3 is 2.48 bits per heavy atom. The number of carbonyl (C=O) groups excluding carboxylic acids is 3. The van der Waals surface area contributed by atoms with E-state index in [2.05, 4.69) is 10.6 Å². The average molecular weight is 428 g/mol. The van der Waals surface area contributed by atoms with Crippen LogP contribution in [0.25, 0.3) is 0 Å². The number of methoxy groups -OCH3 is 2. The second-order valence-electron chi connectivity index (χ2n) is 6.59. The maximum absolute atomic E-state index is 12.6. The van der Waals surface area contributed by atoms with Crippen LogP contribution in [0.5, 0.6) is 5.75 Å². The summed E-state index contributed by atoms with van der Waals surface area (Å²) in [4.78, 5) is 48.9. The molecule has 162 valence electrons. The van der Waals surface area contributed by atoms with E-state index in [9.17, 15) is 24.5 Å². The maximum atomic E-state index is 12.6. The van der Waals surface area contributed by atoms with Crippen molar-refractivity contribution in [2.75, 3.05) is 38.0 Å². The molecule has 1 aliphatic rings. The number of nitro groups is 1. The van der Waals surface area contributed by atoms with Crippen LogP contribution in [-0.4, -0.2) is 55.0 Å². The minimum Gasteiger partial charge on any atom is -0.495 e. The molecule has 11 heteroatoms. The number of fused-ring (bicyclic) bond motifs is 1. The van der Waals surface area contributed by atoms with Gasteiger partial charge in [0.05, 0.1) is 28.8 Å². The third-order valence-electron chi connectivity index (χ3n) is 4.60. The predicted octanol–water partition coefficient (Wildman–Crippen LogP) is 2.88. The van der Waals surface area contributed by atoms with Crippen molar-refractivity contribution in [3.05, 3.63) is 57.6 Å². The molecular formula is C20H20N4O7. The summed E-state index contributed by atoms with van der Waals surface area (Å²) in [6, 6.07) is 7.46. The summed E-state index contributed by atoms with van der Waals surface area (Å²) in [5, 5.41) is 16.0. The second kappa shape index (κ2) is 9.22. The molecule has 11 nitrogen and oxygen atoms in total. The number of nitro benzene ring substituents is 1. The number of carbonyl (C=O) groups is 3. The number of ether oxygens (including phenoxy) is 2. The Hall–Kier alpha value is -3.99. The van der Waals surface area contributed by atoms with Gasteiger partial charge in [0.1, 0.15) is 5.75 Å². The van der Waals surface area contributed by atoms with Crippen LogP contribution in [0.4, 0.5) is 21.9 Å². The van der Waals surface area contributed by atoms with Crippen LogP contribution in [0.3, 0.4) is 0 Å². The number of benzene rings is 2. The first-order chi connectivity index (χ1) is 14.8. The van der Waals surface area contributed by atoms with Crippen LogP contribution in [0, 0.1) is 10.1 Å². The van der Waals surface area contributed by atoms with Crippen LogP contribution < -0.4 is 15.4 Å². The van der Waals surface area contributed by atoms with E-state index < -0.39 is 22.8 Å². The van der Waals surface area contributed by atoms with E-state index in [4.69, 9.17) is 9.47 Å². The topological polar surface area (TPSA) is 140 Å². The lowest BCUT2D eigenvalue weighted by Crippen LogP contribution is -2.31. The van der Waals surface area contributed by atoms with Crippen LogP contribution in [0.15, 0.2) is 36.4 Å². The first-order valence-electron chi connectivity index (χ1n) is 9.25. The molecule has 1 aliphatic heterocycles. The van der Waals surface area contributed by atoms with Gasteiger partial charge in [-0.15, -0.1) is 0 Å². The SMILES string of the molecule is COCCCN1C(=O)c2ccc(NC(=O)Nc3cc([N+](=O)[O-])ccc3OC)cc2C1=O. The lowest BCUT2D eigenvalue weighted by Gasteiger charge is -2.12. The van der Waals surface area contributed by atoms with Crippen LogP contribution >= 0.6 is 0 Å². The first-order valence-corrected chi connectivity index (χ1v) is 9.25. The maximum Gasteiger partial charge on any atom is 0.323 e. The molecule has 0 bridgehead atoms. The second-order valence-corrected chi connectivity index (χ2v) is 6.59. The van der Waals surface area contributed by atoms with Crippen molar-refractivity contribution in [2.45, 2.75) is 6.42 Å². The number of hydrogen-bond acceptors (Lipinski definition) is 7. The fourth-order valence-electron chi connectivity index (χ4n) is 3.13. The summed E-state index contributed by atoms with van der Waals surface area (Å²) in [6.45, 7) is 0.650. The van der Waals surface area contributed by atoms with Gasteiger partial charge in [-0.1, -0.05) is 0 Å². The smallest absolute Gasteiger partial charge is 0.323 e. The van der Waals surface area contributed by atoms with Crippen molar-refractivity contribution in [3.63, 3.8) is 0 Å². The highest BCUT2D eigenvalue weighted by Crippen LogP contribution is 2.30. The summed E-state index contributed by atoms with van der Waals surface area (Å²) >= 11 is 0. The molecule has 2 aromatic carbocycles. The lowest BCUT2D eigenvalue weighted by atomic mass is 10.1. The Morgan fingerprint density at radius 1 is 1.06 bits per heavy atom. The number of nitrogens with zero attached hydrogens (tertiary/aromatic N) is 2. The zero-order valence-corrected chi connectivity index (χ0v) is 16.8. The van der Waals surface area contributed by atoms with Gasteiger partial charge in [0.2, 0.25) is 0 Å².